The lowest BCUT2D eigenvalue weighted by Gasteiger charge is -2.23. The zero-order valence-electron chi connectivity index (χ0n) is 13.3. The van der Waals surface area contributed by atoms with E-state index >= 15 is 0 Å². The molecule has 1 aromatic rings. The fourth-order valence-corrected chi connectivity index (χ4v) is 1.88. The molecule has 0 aliphatic rings. The van der Waals surface area contributed by atoms with Crippen LogP contribution < -0.4 is 10.1 Å². The van der Waals surface area contributed by atoms with Gasteiger partial charge >= 0.3 is 6.09 Å². The van der Waals surface area contributed by atoms with E-state index in [0.29, 0.717) is 17.7 Å². The standard InChI is InChI=1S/C16H22N2O4/c1-16(2,3)22-15(20)18-13(10-19)8-12-6-5-11(9-17)7-14(12)21-4/h5-7,13,19H,8,10H2,1-4H3,(H,18,20)/t13-/m1/s1. The Morgan fingerprint density at radius 1 is 1.45 bits per heavy atom. The predicted molar refractivity (Wildman–Crippen MR) is 81.7 cm³/mol. The minimum Gasteiger partial charge on any atom is -0.496 e. The highest BCUT2D eigenvalue weighted by Crippen LogP contribution is 2.21. The highest BCUT2D eigenvalue weighted by Gasteiger charge is 2.20. The second-order valence-corrected chi connectivity index (χ2v) is 5.87. The van der Waals surface area contributed by atoms with Crippen LogP contribution in [0.3, 0.4) is 0 Å². The highest BCUT2D eigenvalue weighted by atomic mass is 16.6. The number of methoxy groups -OCH3 is 1. The summed E-state index contributed by atoms with van der Waals surface area (Å²) in [6.07, 6.45) is -0.218. The van der Waals surface area contributed by atoms with Gasteiger partial charge in [-0.25, -0.2) is 4.79 Å². The van der Waals surface area contributed by atoms with Crippen LogP contribution in [0.15, 0.2) is 18.2 Å². The summed E-state index contributed by atoms with van der Waals surface area (Å²) in [5.41, 5.74) is 0.675. The Kier molecular flexibility index (Phi) is 6.20. The van der Waals surface area contributed by atoms with E-state index in [4.69, 9.17) is 14.7 Å². The van der Waals surface area contributed by atoms with Crippen molar-refractivity contribution in [2.45, 2.75) is 38.8 Å². The van der Waals surface area contributed by atoms with Crippen molar-refractivity contribution in [2.75, 3.05) is 13.7 Å². The van der Waals surface area contributed by atoms with Crippen LogP contribution in [-0.2, 0) is 11.2 Å². The molecule has 1 atom stereocenters. The van der Waals surface area contributed by atoms with E-state index in [2.05, 4.69) is 5.32 Å². The maximum Gasteiger partial charge on any atom is 0.407 e. The number of carbonyl (C=O) groups is 1. The molecule has 1 aromatic carbocycles. The largest absolute Gasteiger partial charge is 0.496 e. The minimum atomic E-state index is -0.601. The molecule has 0 unspecified atom stereocenters. The molecular weight excluding hydrogens is 284 g/mol. The molecule has 0 fully saturated rings. The number of nitrogens with zero attached hydrogens (tertiary/aromatic N) is 1. The first-order chi connectivity index (χ1) is 10.3. The number of alkyl carbamates (subject to hydrolysis) is 1. The van der Waals surface area contributed by atoms with Crippen molar-refractivity contribution in [1.29, 1.82) is 5.26 Å². The maximum absolute atomic E-state index is 11.8. The summed E-state index contributed by atoms with van der Waals surface area (Å²) in [6.45, 7) is 5.07. The highest BCUT2D eigenvalue weighted by molar-refractivity contribution is 5.68. The molecule has 0 saturated heterocycles. The summed E-state index contributed by atoms with van der Waals surface area (Å²) in [5.74, 6) is 0.545. The van der Waals surface area contributed by atoms with Gasteiger partial charge in [0.1, 0.15) is 11.4 Å². The lowest BCUT2D eigenvalue weighted by molar-refractivity contribution is 0.0482. The molecule has 0 bridgehead atoms. The second kappa shape index (κ2) is 7.66. The maximum atomic E-state index is 11.8. The van der Waals surface area contributed by atoms with E-state index in [1.165, 1.54) is 7.11 Å². The first kappa shape index (κ1) is 17.8. The quantitative estimate of drug-likeness (QED) is 0.868. The number of aliphatic hydroxyl groups excluding tert-OH is 1. The average Bonchev–Trinajstić information content (AvgIpc) is 2.44. The Bertz CT molecular complexity index is 558. The van der Waals surface area contributed by atoms with Crippen molar-refractivity contribution >= 4 is 6.09 Å². The van der Waals surface area contributed by atoms with Crippen LogP contribution in [0.4, 0.5) is 4.79 Å². The van der Waals surface area contributed by atoms with Gasteiger partial charge in [0, 0.05) is 0 Å². The van der Waals surface area contributed by atoms with Gasteiger partial charge in [-0.2, -0.15) is 5.26 Å². The molecule has 0 aliphatic carbocycles. The summed E-state index contributed by atoms with van der Waals surface area (Å²) in [5, 5.41) is 20.9. The van der Waals surface area contributed by atoms with Gasteiger partial charge in [0.15, 0.2) is 0 Å². The van der Waals surface area contributed by atoms with Crippen LogP contribution in [0.5, 0.6) is 5.75 Å². The smallest absolute Gasteiger partial charge is 0.407 e. The Balaban J connectivity index is 2.78. The third kappa shape index (κ3) is 5.62. The zero-order valence-corrected chi connectivity index (χ0v) is 13.3. The summed E-state index contributed by atoms with van der Waals surface area (Å²) >= 11 is 0. The van der Waals surface area contributed by atoms with Crippen molar-refractivity contribution in [3.8, 4) is 11.8 Å². The number of benzene rings is 1. The van der Waals surface area contributed by atoms with Gasteiger partial charge in [-0.05, 0) is 44.9 Å². The summed E-state index contributed by atoms with van der Waals surface area (Å²) < 4.78 is 10.4. The molecule has 0 radical (unpaired) electrons. The molecule has 2 N–H and O–H groups in total. The van der Waals surface area contributed by atoms with Crippen molar-refractivity contribution in [3.63, 3.8) is 0 Å². The number of ether oxygens (including phenoxy) is 2. The molecule has 1 rings (SSSR count). The van der Waals surface area contributed by atoms with E-state index in [9.17, 15) is 9.90 Å². The van der Waals surface area contributed by atoms with Crippen LogP contribution >= 0.6 is 0 Å². The number of hydrogen-bond acceptors (Lipinski definition) is 5. The number of nitrogens with one attached hydrogen (secondary N) is 1. The molecular formula is C16H22N2O4. The van der Waals surface area contributed by atoms with Gasteiger partial charge in [0.05, 0.1) is 31.4 Å². The minimum absolute atomic E-state index is 0.234. The van der Waals surface area contributed by atoms with Gasteiger partial charge in [0.25, 0.3) is 0 Å². The Morgan fingerprint density at radius 2 is 2.14 bits per heavy atom. The third-order valence-electron chi connectivity index (χ3n) is 2.82. The predicted octanol–water partition coefficient (Wildman–Crippen LogP) is 1.99. The monoisotopic (exact) mass is 306 g/mol. The first-order valence-electron chi connectivity index (χ1n) is 6.96. The Hall–Kier alpha value is -2.26. The van der Waals surface area contributed by atoms with E-state index in [0.717, 1.165) is 5.56 Å². The molecule has 0 aromatic heterocycles. The number of amides is 1. The van der Waals surface area contributed by atoms with Gasteiger partial charge in [0.2, 0.25) is 0 Å². The SMILES string of the molecule is COc1cc(C#N)ccc1C[C@H](CO)NC(=O)OC(C)(C)C. The molecule has 6 nitrogen and oxygen atoms in total. The Labute approximate surface area is 130 Å². The van der Waals surface area contributed by atoms with Crippen molar-refractivity contribution < 1.29 is 19.4 Å². The molecule has 0 heterocycles. The average molecular weight is 306 g/mol. The molecule has 120 valence electrons. The van der Waals surface area contributed by atoms with Gasteiger partial charge < -0.3 is 19.9 Å². The molecule has 0 spiro atoms. The molecule has 0 aliphatic heterocycles. The first-order valence-corrected chi connectivity index (χ1v) is 6.96. The molecule has 0 saturated carbocycles. The van der Waals surface area contributed by atoms with Crippen molar-refractivity contribution in [1.82, 2.24) is 5.32 Å². The number of hydrogen-bond donors (Lipinski definition) is 2. The fraction of sp³-hybridized carbons (Fsp3) is 0.500. The molecule has 1 amide bonds. The summed E-state index contributed by atoms with van der Waals surface area (Å²) in [7, 11) is 1.51. The number of rotatable bonds is 5. The van der Waals surface area contributed by atoms with Crippen LogP contribution in [0.25, 0.3) is 0 Å². The fourth-order valence-electron chi connectivity index (χ4n) is 1.88. The van der Waals surface area contributed by atoms with Gasteiger partial charge in [-0.15, -0.1) is 0 Å². The van der Waals surface area contributed by atoms with Crippen molar-refractivity contribution in [3.05, 3.63) is 29.3 Å². The molecule has 6 heteroatoms. The van der Waals surface area contributed by atoms with E-state index in [1.54, 1.807) is 39.0 Å². The topological polar surface area (TPSA) is 91.6 Å². The normalized spacial score (nSPS) is 12.2. The van der Waals surface area contributed by atoms with Crippen LogP contribution in [0.1, 0.15) is 31.9 Å². The van der Waals surface area contributed by atoms with E-state index in [1.807, 2.05) is 6.07 Å². The number of aliphatic hydroxyl groups is 1. The van der Waals surface area contributed by atoms with Gasteiger partial charge in [-0.3, -0.25) is 0 Å². The Morgan fingerprint density at radius 3 is 2.64 bits per heavy atom. The molecule has 22 heavy (non-hydrogen) atoms. The summed E-state index contributed by atoms with van der Waals surface area (Å²) in [6, 6.07) is 6.57. The number of nitriles is 1. The number of carbonyl (C=O) groups excluding carboxylic acids is 1. The zero-order chi connectivity index (χ0) is 16.8. The van der Waals surface area contributed by atoms with Gasteiger partial charge in [-0.1, -0.05) is 6.07 Å². The second-order valence-electron chi connectivity index (χ2n) is 5.87. The van der Waals surface area contributed by atoms with E-state index in [-0.39, 0.29) is 6.61 Å². The van der Waals surface area contributed by atoms with Crippen LogP contribution in [0.2, 0.25) is 0 Å². The lowest BCUT2D eigenvalue weighted by atomic mass is 10.0. The third-order valence-corrected chi connectivity index (χ3v) is 2.82. The van der Waals surface area contributed by atoms with Crippen LogP contribution in [-0.4, -0.2) is 36.6 Å². The van der Waals surface area contributed by atoms with Crippen LogP contribution in [0, 0.1) is 11.3 Å². The lowest BCUT2D eigenvalue weighted by Crippen LogP contribution is -2.42. The van der Waals surface area contributed by atoms with Crippen molar-refractivity contribution in [2.24, 2.45) is 0 Å². The summed E-state index contributed by atoms with van der Waals surface area (Å²) in [4.78, 5) is 11.8. The van der Waals surface area contributed by atoms with E-state index < -0.39 is 17.7 Å².